The summed E-state index contributed by atoms with van der Waals surface area (Å²) in [7, 11) is -4.54. The first-order valence-corrected chi connectivity index (χ1v) is 15.5. The number of ether oxygens (including phenoxy) is 1. The van der Waals surface area contributed by atoms with Gasteiger partial charge >= 0.3 is 5.97 Å². The Labute approximate surface area is 260 Å². The van der Waals surface area contributed by atoms with Gasteiger partial charge in [0.05, 0.1) is 22.1 Å². The van der Waals surface area contributed by atoms with Crippen LogP contribution >= 0.6 is 0 Å². The van der Waals surface area contributed by atoms with E-state index in [-0.39, 0.29) is 56.1 Å². The van der Waals surface area contributed by atoms with E-state index in [1.54, 1.807) is 43.3 Å². The van der Waals surface area contributed by atoms with Crippen LogP contribution < -0.4 is 4.31 Å². The zero-order valence-electron chi connectivity index (χ0n) is 25.0. The van der Waals surface area contributed by atoms with E-state index in [1.165, 1.54) is 42.5 Å². The second-order valence-corrected chi connectivity index (χ2v) is 13.0. The van der Waals surface area contributed by atoms with Crippen molar-refractivity contribution in [3.63, 3.8) is 0 Å². The lowest BCUT2D eigenvalue weighted by molar-refractivity contribution is -0.384. The molecule has 10 nitrogen and oxygen atoms in total. The first-order valence-electron chi connectivity index (χ1n) is 14.1. The van der Waals surface area contributed by atoms with Crippen LogP contribution in [0, 0.1) is 10.1 Å². The Morgan fingerprint density at radius 3 is 2.13 bits per heavy atom. The summed E-state index contributed by atoms with van der Waals surface area (Å²) in [5, 5.41) is 11.5. The molecule has 0 spiro atoms. The summed E-state index contributed by atoms with van der Waals surface area (Å²) in [6.45, 7) is 7.72. The molecule has 45 heavy (non-hydrogen) atoms. The van der Waals surface area contributed by atoms with Gasteiger partial charge in [0.2, 0.25) is 0 Å². The van der Waals surface area contributed by atoms with E-state index in [0.29, 0.717) is 9.87 Å². The standard InChI is InChI=1S/C34H30N2O8S/c1-5-43-33(38)30-28-21-26(17-20-29(28)44-31(30)22-9-7-6-8-10-22)35(32(37)23-11-15-25(16-12-23)36(39)40)45(41,42)27-18-13-24(14-19-27)34(2,3)4/h6-21H,5H2,1-4H3. The molecular formula is C34H30N2O8S. The van der Waals surface area contributed by atoms with E-state index in [2.05, 4.69) is 0 Å². The molecule has 0 fully saturated rings. The van der Waals surface area contributed by atoms with E-state index >= 15 is 0 Å². The molecule has 0 aliphatic carbocycles. The quantitative estimate of drug-likeness (QED) is 0.0980. The molecule has 0 N–H and O–H groups in total. The molecule has 1 amide bonds. The summed E-state index contributed by atoms with van der Waals surface area (Å²) < 4.78 is 40.5. The highest BCUT2D eigenvalue weighted by molar-refractivity contribution is 7.93. The second kappa shape index (κ2) is 12.0. The van der Waals surface area contributed by atoms with Crippen LogP contribution in [-0.2, 0) is 20.2 Å². The van der Waals surface area contributed by atoms with Gasteiger partial charge in [-0.2, -0.15) is 4.31 Å². The molecule has 0 unspecified atom stereocenters. The van der Waals surface area contributed by atoms with Gasteiger partial charge in [0, 0.05) is 28.6 Å². The zero-order valence-corrected chi connectivity index (χ0v) is 25.8. The fourth-order valence-corrected chi connectivity index (χ4v) is 6.26. The third kappa shape index (κ3) is 6.07. The van der Waals surface area contributed by atoms with Crippen molar-refractivity contribution in [2.24, 2.45) is 0 Å². The second-order valence-electron chi connectivity index (χ2n) is 11.2. The minimum Gasteiger partial charge on any atom is -0.462 e. The third-order valence-electron chi connectivity index (χ3n) is 7.19. The van der Waals surface area contributed by atoms with Crippen molar-refractivity contribution in [1.82, 2.24) is 0 Å². The van der Waals surface area contributed by atoms with Gasteiger partial charge in [0.25, 0.3) is 21.6 Å². The zero-order chi connectivity index (χ0) is 32.5. The lowest BCUT2D eigenvalue weighted by Crippen LogP contribution is -2.37. The molecule has 0 saturated heterocycles. The van der Waals surface area contributed by atoms with Gasteiger partial charge in [-0.3, -0.25) is 14.9 Å². The van der Waals surface area contributed by atoms with E-state index in [9.17, 15) is 28.1 Å². The maximum atomic E-state index is 14.2. The maximum absolute atomic E-state index is 14.2. The van der Waals surface area contributed by atoms with Crippen molar-refractivity contribution in [1.29, 1.82) is 0 Å². The molecule has 0 radical (unpaired) electrons. The van der Waals surface area contributed by atoms with Crippen molar-refractivity contribution in [2.75, 3.05) is 10.9 Å². The molecule has 0 saturated carbocycles. The Morgan fingerprint density at radius 2 is 1.56 bits per heavy atom. The van der Waals surface area contributed by atoms with E-state index < -0.39 is 26.8 Å². The predicted octanol–water partition coefficient (Wildman–Crippen LogP) is 7.52. The van der Waals surface area contributed by atoms with Crippen LogP contribution in [0.2, 0.25) is 0 Å². The van der Waals surface area contributed by atoms with Crippen molar-refractivity contribution < 1.29 is 32.1 Å². The molecule has 1 aromatic heterocycles. The molecule has 5 aromatic rings. The van der Waals surface area contributed by atoms with E-state index in [0.717, 1.165) is 17.7 Å². The number of carbonyl (C=O) groups is 2. The fraction of sp³-hybridized carbons (Fsp3) is 0.176. The SMILES string of the molecule is CCOC(=O)c1c(-c2ccccc2)oc2ccc(N(C(=O)c3ccc([N+](=O)[O-])cc3)S(=O)(=O)c3ccc(C(C)(C)C)cc3)cc12. The number of benzene rings is 4. The van der Waals surface area contributed by atoms with Gasteiger partial charge in [0.15, 0.2) is 0 Å². The largest absolute Gasteiger partial charge is 0.462 e. The average Bonchev–Trinajstić information content (AvgIpc) is 3.40. The van der Waals surface area contributed by atoms with E-state index in [1.807, 2.05) is 26.8 Å². The van der Waals surface area contributed by atoms with Crippen LogP contribution in [-0.4, -0.2) is 31.8 Å². The summed E-state index contributed by atoms with van der Waals surface area (Å²) >= 11 is 0. The molecule has 4 aromatic carbocycles. The smallest absolute Gasteiger partial charge is 0.342 e. The molecule has 0 aliphatic heterocycles. The summed E-state index contributed by atoms with van der Waals surface area (Å²) in [6.07, 6.45) is 0. The van der Waals surface area contributed by atoms with Crippen LogP contribution in [0.4, 0.5) is 11.4 Å². The normalized spacial score (nSPS) is 11.7. The van der Waals surface area contributed by atoms with E-state index in [4.69, 9.17) is 9.15 Å². The summed E-state index contributed by atoms with van der Waals surface area (Å²) in [5.74, 6) is -1.40. The highest BCUT2D eigenvalue weighted by Crippen LogP contribution is 2.38. The number of esters is 1. The van der Waals surface area contributed by atoms with Crippen LogP contribution in [0.3, 0.4) is 0 Å². The van der Waals surface area contributed by atoms with Crippen LogP contribution in [0.15, 0.2) is 106 Å². The molecule has 230 valence electrons. The molecule has 0 atom stereocenters. The first-order chi connectivity index (χ1) is 21.3. The van der Waals surface area contributed by atoms with Gasteiger partial charge in [-0.15, -0.1) is 0 Å². The topological polar surface area (TPSA) is 137 Å². The lowest BCUT2D eigenvalue weighted by Gasteiger charge is -2.24. The van der Waals surface area contributed by atoms with Crippen LogP contribution in [0.25, 0.3) is 22.3 Å². The number of hydrogen-bond donors (Lipinski definition) is 0. The number of rotatable bonds is 8. The number of amides is 1. The summed E-state index contributed by atoms with van der Waals surface area (Å²) in [4.78, 5) is 37.7. The fourth-order valence-electron chi connectivity index (χ4n) is 4.85. The van der Waals surface area contributed by atoms with Crippen LogP contribution in [0.5, 0.6) is 0 Å². The summed E-state index contributed by atoms with van der Waals surface area (Å²) in [5.41, 5.74) is 1.17. The number of nitro groups is 1. The number of hydrogen-bond acceptors (Lipinski definition) is 8. The van der Waals surface area contributed by atoms with Crippen molar-refractivity contribution in [3.8, 4) is 11.3 Å². The first kappa shape index (κ1) is 31.1. The molecule has 5 rings (SSSR count). The lowest BCUT2D eigenvalue weighted by atomic mass is 9.87. The minimum absolute atomic E-state index is 0.0725. The average molecular weight is 627 g/mol. The summed E-state index contributed by atoms with van der Waals surface area (Å²) in [6, 6.07) is 24.0. The van der Waals surface area contributed by atoms with Crippen molar-refractivity contribution >= 4 is 44.2 Å². The molecule has 11 heteroatoms. The molecule has 0 aliphatic rings. The Balaban J connectivity index is 1.72. The monoisotopic (exact) mass is 626 g/mol. The van der Waals surface area contributed by atoms with Gasteiger partial charge < -0.3 is 9.15 Å². The number of nitrogens with zero attached hydrogens (tertiary/aromatic N) is 2. The van der Waals surface area contributed by atoms with Gasteiger partial charge in [-0.25, -0.2) is 13.2 Å². The molecular weight excluding hydrogens is 596 g/mol. The number of furan rings is 1. The Morgan fingerprint density at radius 1 is 0.911 bits per heavy atom. The Kier molecular flexibility index (Phi) is 8.31. The van der Waals surface area contributed by atoms with Crippen molar-refractivity contribution in [3.05, 3.63) is 124 Å². The number of non-ortho nitro benzene ring substituents is 1. The Hall–Kier alpha value is -5.29. The highest BCUT2D eigenvalue weighted by Gasteiger charge is 2.34. The number of sulfonamides is 1. The van der Waals surface area contributed by atoms with Gasteiger partial charge in [0.1, 0.15) is 16.9 Å². The number of fused-ring (bicyclic) bond motifs is 1. The van der Waals surface area contributed by atoms with Crippen LogP contribution in [0.1, 0.15) is 54.0 Å². The maximum Gasteiger partial charge on any atom is 0.342 e. The van der Waals surface area contributed by atoms with Gasteiger partial charge in [-0.05, 0) is 60.4 Å². The molecule has 0 bridgehead atoms. The predicted molar refractivity (Wildman–Crippen MR) is 170 cm³/mol. The Bertz CT molecular complexity index is 2010. The number of nitro benzene ring substituents is 1. The number of anilines is 1. The van der Waals surface area contributed by atoms with Crippen molar-refractivity contribution in [2.45, 2.75) is 38.0 Å². The number of carbonyl (C=O) groups excluding carboxylic acids is 2. The highest BCUT2D eigenvalue weighted by atomic mass is 32.2. The van der Waals surface area contributed by atoms with Gasteiger partial charge in [-0.1, -0.05) is 63.2 Å². The molecule has 1 heterocycles. The third-order valence-corrected chi connectivity index (χ3v) is 8.91. The minimum atomic E-state index is -4.54.